The van der Waals surface area contributed by atoms with Crippen molar-refractivity contribution in [3.8, 4) is 0 Å². The number of nitrogen functional groups attached to an aromatic ring is 1. The van der Waals surface area contributed by atoms with Gasteiger partial charge in [0.1, 0.15) is 0 Å². The molecule has 0 aliphatic carbocycles. The number of para-hydroxylation sites is 1. The van der Waals surface area contributed by atoms with Gasteiger partial charge in [0, 0.05) is 33.1 Å². The number of rotatable bonds is 2. The molecule has 0 bridgehead atoms. The number of anilines is 2. The predicted molar refractivity (Wildman–Crippen MR) is 73.8 cm³/mol. The Morgan fingerprint density at radius 1 is 1.16 bits per heavy atom. The number of hydrogen-bond donors (Lipinski definition) is 2. The van der Waals surface area contributed by atoms with E-state index < -0.39 is 5.91 Å². The number of carbonyl (C=O) groups excluding carboxylic acids is 2. The summed E-state index contributed by atoms with van der Waals surface area (Å²) >= 11 is 0. The van der Waals surface area contributed by atoms with Crippen molar-refractivity contribution < 1.29 is 9.59 Å². The fraction of sp³-hybridized carbons (Fsp3) is 0.385. The van der Waals surface area contributed by atoms with Gasteiger partial charge in [0.05, 0.1) is 16.9 Å². The molecule has 0 spiro atoms. The van der Waals surface area contributed by atoms with Crippen molar-refractivity contribution in [1.82, 2.24) is 4.90 Å². The van der Waals surface area contributed by atoms with Crippen LogP contribution in [0.2, 0.25) is 0 Å². The van der Waals surface area contributed by atoms with Crippen LogP contribution in [0.3, 0.4) is 0 Å². The summed E-state index contributed by atoms with van der Waals surface area (Å²) in [5, 5.41) is 0. The van der Waals surface area contributed by atoms with Crippen molar-refractivity contribution in [3.05, 3.63) is 23.8 Å². The fourth-order valence-electron chi connectivity index (χ4n) is 2.36. The van der Waals surface area contributed by atoms with E-state index in [1.54, 1.807) is 30.0 Å². The standard InChI is InChI=1S/C13H18N4O2/c1-9(18)16-5-7-17(8-6-16)12-10(13(15)19)3-2-4-11(12)14/h2-4H,5-8,14H2,1H3,(H2,15,19). The maximum absolute atomic E-state index is 11.5. The zero-order valence-corrected chi connectivity index (χ0v) is 10.9. The van der Waals surface area contributed by atoms with Crippen molar-refractivity contribution in [2.24, 2.45) is 5.73 Å². The van der Waals surface area contributed by atoms with Gasteiger partial charge in [0.15, 0.2) is 0 Å². The van der Waals surface area contributed by atoms with Crippen molar-refractivity contribution in [3.63, 3.8) is 0 Å². The first kappa shape index (κ1) is 13.2. The van der Waals surface area contributed by atoms with Crippen LogP contribution >= 0.6 is 0 Å². The number of amides is 2. The molecule has 2 rings (SSSR count). The summed E-state index contributed by atoms with van der Waals surface area (Å²) in [6, 6.07) is 5.13. The third-order valence-corrected chi connectivity index (χ3v) is 3.37. The summed E-state index contributed by atoms with van der Waals surface area (Å²) in [5.74, 6) is -0.424. The topological polar surface area (TPSA) is 92.7 Å². The lowest BCUT2D eigenvalue weighted by Gasteiger charge is -2.36. The number of primary amides is 1. The van der Waals surface area contributed by atoms with Crippen LogP contribution in [0.25, 0.3) is 0 Å². The van der Waals surface area contributed by atoms with E-state index in [1.807, 2.05) is 4.90 Å². The fourth-order valence-corrected chi connectivity index (χ4v) is 2.36. The second kappa shape index (κ2) is 5.17. The first-order valence-corrected chi connectivity index (χ1v) is 6.19. The average Bonchev–Trinajstić information content (AvgIpc) is 2.38. The van der Waals surface area contributed by atoms with E-state index in [0.717, 1.165) is 0 Å². The maximum atomic E-state index is 11.5. The minimum Gasteiger partial charge on any atom is -0.397 e. The van der Waals surface area contributed by atoms with Crippen LogP contribution in [0, 0.1) is 0 Å². The number of piperazine rings is 1. The first-order chi connectivity index (χ1) is 9.00. The molecule has 1 saturated heterocycles. The summed E-state index contributed by atoms with van der Waals surface area (Å²) in [5.41, 5.74) is 13.0. The Balaban J connectivity index is 2.24. The van der Waals surface area contributed by atoms with E-state index in [1.165, 1.54) is 0 Å². The Bertz CT molecular complexity index is 507. The van der Waals surface area contributed by atoms with E-state index in [0.29, 0.717) is 43.1 Å². The van der Waals surface area contributed by atoms with Gasteiger partial charge >= 0.3 is 0 Å². The lowest BCUT2D eigenvalue weighted by Crippen LogP contribution is -2.48. The SMILES string of the molecule is CC(=O)N1CCN(c2c(N)cccc2C(N)=O)CC1. The van der Waals surface area contributed by atoms with Crippen LogP contribution in [0.4, 0.5) is 11.4 Å². The molecule has 102 valence electrons. The molecule has 1 aromatic carbocycles. The van der Waals surface area contributed by atoms with E-state index in [4.69, 9.17) is 11.5 Å². The van der Waals surface area contributed by atoms with E-state index in [-0.39, 0.29) is 5.91 Å². The van der Waals surface area contributed by atoms with Gasteiger partial charge in [-0.1, -0.05) is 6.07 Å². The molecule has 1 fully saturated rings. The van der Waals surface area contributed by atoms with Gasteiger partial charge in [-0.2, -0.15) is 0 Å². The summed E-state index contributed by atoms with van der Waals surface area (Å²) in [4.78, 5) is 26.5. The van der Waals surface area contributed by atoms with Gasteiger partial charge in [-0.05, 0) is 12.1 Å². The molecule has 4 N–H and O–H groups in total. The van der Waals surface area contributed by atoms with Crippen LogP contribution in [0.1, 0.15) is 17.3 Å². The highest BCUT2D eigenvalue weighted by Crippen LogP contribution is 2.28. The molecule has 6 nitrogen and oxygen atoms in total. The number of carbonyl (C=O) groups is 2. The Hall–Kier alpha value is -2.24. The van der Waals surface area contributed by atoms with Gasteiger partial charge in [-0.25, -0.2) is 0 Å². The lowest BCUT2D eigenvalue weighted by atomic mass is 10.1. The molecule has 0 unspecified atom stereocenters. The van der Waals surface area contributed by atoms with Crippen LogP contribution in [0.5, 0.6) is 0 Å². The first-order valence-electron chi connectivity index (χ1n) is 6.19. The van der Waals surface area contributed by atoms with Crippen molar-refractivity contribution in [2.45, 2.75) is 6.92 Å². The number of benzene rings is 1. The average molecular weight is 262 g/mol. The van der Waals surface area contributed by atoms with Crippen molar-refractivity contribution in [1.29, 1.82) is 0 Å². The van der Waals surface area contributed by atoms with Crippen LogP contribution in [0.15, 0.2) is 18.2 Å². The van der Waals surface area contributed by atoms with E-state index in [2.05, 4.69) is 0 Å². The molecule has 1 aliphatic heterocycles. The highest BCUT2D eigenvalue weighted by molar-refractivity contribution is 6.01. The Morgan fingerprint density at radius 2 is 1.79 bits per heavy atom. The molecule has 0 aromatic heterocycles. The summed E-state index contributed by atoms with van der Waals surface area (Å²) < 4.78 is 0. The molecular formula is C13H18N4O2. The molecule has 1 heterocycles. The Kier molecular flexibility index (Phi) is 3.59. The molecular weight excluding hydrogens is 244 g/mol. The van der Waals surface area contributed by atoms with Crippen molar-refractivity contribution in [2.75, 3.05) is 36.8 Å². The van der Waals surface area contributed by atoms with Gasteiger partial charge in [-0.3, -0.25) is 9.59 Å². The second-order valence-electron chi connectivity index (χ2n) is 4.60. The molecule has 2 amide bonds. The molecule has 6 heteroatoms. The zero-order valence-electron chi connectivity index (χ0n) is 10.9. The predicted octanol–water partition coefficient (Wildman–Crippen LogP) is 0.0362. The largest absolute Gasteiger partial charge is 0.397 e. The Morgan fingerprint density at radius 3 is 2.32 bits per heavy atom. The van der Waals surface area contributed by atoms with Gasteiger partial charge < -0.3 is 21.3 Å². The Labute approximate surface area is 112 Å². The minimum atomic E-state index is -0.490. The van der Waals surface area contributed by atoms with Gasteiger partial charge in [0.25, 0.3) is 5.91 Å². The van der Waals surface area contributed by atoms with Crippen LogP contribution in [-0.2, 0) is 4.79 Å². The van der Waals surface area contributed by atoms with Crippen LogP contribution in [-0.4, -0.2) is 42.9 Å². The lowest BCUT2D eigenvalue weighted by molar-refractivity contribution is -0.129. The highest BCUT2D eigenvalue weighted by atomic mass is 16.2. The third-order valence-electron chi connectivity index (χ3n) is 3.37. The number of hydrogen-bond acceptors (Lipinski definition) is 4. The normalized spacial score (nSPS) is 15.4. The highest BCUT2D eigenvalue weighted by Gasteiger charge is 2.23. The molecule has 19 heavy (non-hydrogen) atoms. The quantitative estimate of drug-likeness (QED) is 0.736. The van der Waals surface area contributed by atoms with Crippen molar-refractivity contribution >= 4 is 23.2 Å². The third kappa shape index (κ3) is 2.62. The number of nitrogens with two attached hydrogens (primary N) is 2. The summed E-state index contributed by atoms with van der Waals surface area (Å²) in [6.07, 6.45) is 0. The monoisotopic (exact) mass is 262 g/mol. The minimum absolute atomic E-state index is 0.0656. The van der Waals surface area contributed by atoms with Crippen LogP contribution < -0.4 is 16.4 Å². The summed E-state index contributed by atoms with van der Waals surface area (Å²) in [7, 11) is 0. The van der Waals surface area contributed by atoms with E-state index >= 15 is 0 Å². The van der Waals surface area contributed by atoms with E-state index in [9.17, 15) is 9.59 Å². The molecule has 0 radical (unpaired) electrons. The maximum Gasteiger partial charge on any atom is 0.250 e. The molecule has 1 aliphatic rings. The molecule has 0 atom stereocenters. The second-order valence-corrected chi connectivity index (χ2v) is 4.60. The smallest absolute Gasteiger partial charge is 0.250 e. The molecule has 0 saturated carbocycles. The van der Waals surface area contributed by atoms with Gasteiger partial charge in [-0.15, -0.1) is 0 Å². The number of nitrogens with zero attached hydrogens (tertiary/aromatic N) is 2. The molecule has 1 aromatic rings. The zero-order chi connectivity index (χ0) is 14.0. The summed E-state index contributed by atoms with van der Waals surface area (Å²) in [6.45, 7) is 4.10. The van der Waals surface area contributed by atoms with Gasteiger partial charge in [0.2, 0.25) is 5.91 Å².